The summed E-state index contributed by atoms with van der Waals surface area (Å²) < 4.78 is 42.2. The monoisotopic (exact) mass is 469 g/mol. The number of carbonyl (C=O) groups is 1. The third kappa shape index (κ3) is 4.34. The van der Waals surface area contributed by atoms with E-state index in [9.17, 15) is 18.0 Å². The number of pyridine rings is 1. The van der Waals surface area contributed by atoms with Crippen LogP contribution in [0, 0.1) is 0 Å². The second kappa shape index (κ2) is 8.61. The van der Waals surface area contributed by atoms with Gasteiger partial charge in [0.05, 0.1) is 5.69 Å². The highest BCUT2D eigenvalue weighted by Crippen LogP contribution is 2.29. The summed E-state index contributed by atoms with van der Waals surface area (Å²) in [7, 11) is 0. The number of halogens is 3. The molecule has 4 aromatic rings. The summed E-state index contributed by atoms with van der Waals surface area (Å²) in [5.41, 5.74) is 2.36. The highest BCUT2D eigenvalue weighted by molar-refractivity contribution is 5.93. The lowest BCUT2D eigenvalue weighted by Crippen LogP contribution is -2.49. The SMILES string of the molecule is O=C(c1cc(-c2ccccc2)n[nH]1)N1CCN(c2ccc(-c3noc(C(F)(F)F)n3)cn2)CC1. The predicted molar refractivity (Wildman–Crippen MR) is 115 cm³/mol. The molecule has 0 saturated carbocycles. The minimum Gasteiger partial charge on any atom is -0.353 e. The molecule has 12 heteroatoms. The fourth-order valence-corrected chi connectivity index (χ4v) is 3.66. The van der Waals surface area contributed by atoms with Crippen molar-refractivity contribution in [1.82, 2.24) is 30.2 Å². The van der Waals surface area contributed by atoms with Crippen LogP contribution in [0.4, 0.5) is 19.0 Å². The first-order valence-corrected chi connectivity index (χ1v) is 10.4. The number of carbonyl (C=O) groups excluding carboxylic acids is 1. The molecule has 174 valence electrons. The molecule has 0 radical (unpaired) electrons. The Morgan fingerprint density at radius 2 is 1.76 bits per heavy atom. The van der Waals surface area contributed by atoms with Gasteiger partial charge in [0.2, 0.25) is 5.82 Å². The van der Waals surface area contributed by atoms with Crippen molar-refractivity contribution in [3.8, 4) is 22.6 Å². The predicted octanol–water partition coefficient (Wildman–Crippen LogP) is 3.50. The van der Waals surface area contributed by atoms with E-state index in [-0.39, 0.29) is 11.7 Å². The first-order valence-electron chi connectivity index (χ1n) is 10.4. The number of H-pyrrole nitrogens is 1. The quantitative estimate of drug-likeness (QED) is 0.488. The van der Waals surface area contributed by atoms with Crippen molar-refractivity contribution >= 4 is 11.7 Å². The Bertz CT molecular complexity index is 1280. The first-order chi connectivity index (χ1) is 16.4. The van der Waals surface area contributed by atoms with Gasteiger partial charge < -0.3 is 14.3 Å². The van der Waals surface area contributed by atoms with Gasteiger partial charge in [-0.3, -0.25) is 9.89 Å². The molecule has 0 unspecified atom stereocenters. The number of benzene rings is 1. The summed E-state index contributed by atoms with van der Waals surface area (Å²) in [6.45, 7) is 2.08. The maximum Gasteiger partial charge on any atom is 0.471 e. The number of hydrogen-bond donors (Lipinski definition) is 1. The Hall–Kier alpha value is -4.22. The zero-order chi connectivity index (χ0) is 23.7. The number of anilines is 1. The molecule has 34 heavy (non-hydrogen) atoms. The molecule has 1 fully saturated rings. The van der Waals surface area contributed by atoms with Gasteiger partial charge in [-0.05, 0) is 18.2 Å². The largest absolute Gasteiger partial charge is 0.471 e. The number of hydrogen-bond acceptors (Lipinski definition) is 7. The van der Waals surface area contributed by atoms with Crippen LogP contribution in [0.2, 0.25) is 0 Å². The van der Waals surface area contributed by atoms with E-state index in [1.165, 1.54) is 6.20 Å². The summed E-state index contributed by atoms with van der Waals surface area (Å²) in [6, 6.07) is 14.6. The molecule has 1 saturated heterocycles. The molecule has 0 atom stereocenters. The molecule has 1 aliphatic rings. The van der Waals surface area contributed by atoms with Crippen molar-refractivity contribution in [1.29, 1.82) is 0 Å². The van der Waals surface area contributed by atoms with Gasteiger partial charge in [0.25, 0.3) is 5.91 Å². The number of nitrogens with zero attached hydrogens (tertiary/aromatic N) is 6. The number of alkyl halides is 3. The maximum absolute atomic E-state index is 12.9. The lowest BCUT2D eigenvalue weighted by molar-refractivity contribution is -0.159. The highest BCUT2D eigenvalue weighted by Gasteiger charge is 2.38. The van der Waals surface area contributed by atoms with Crippen LogP contribution in [-0.2, 0) is 6.18 Å². The zero-order valence-corrected chi connectivity index (χ0v) is 17.7. The molecule has 1 amide bonds. The van der Waals surface area contributed by atoms with Crippen LogP contribution in [0.25, 0.3) is 22.6 Å². The number of amides is 1. The van der Waals surface area contributed by atoms with Gasteiger partial charge in [-0.15, -0.1) is 0 Å². The molecular weight excluding hydrogens is 451 g/mol. The molecule has 1 aliphatic heterocycles. The Kier molecular flexibility index (Phi) is 5.48. The van der Waals surface area contributed by atoms with Gasteiger partial charge >= 0.3 is 12.1 Å². The van der Waals surface area contributed by atoms with Gasteiger partial charge in [0.15, 0.2) is 0 Å². The molecular formula is C22H18F3N7O2. The van der Waals surface area contributed by atoms with Crippen molar-refractivity contribution in [2.75, 3.05) is 31.1 Å². The van der Waals surface area contributed by atoms with Crippen molar-refractivity contribution in [2.45, 2.75) is 6.18 Å². The van der Waals surface area contributed by atoms with Crippen molar-refractivity contribution in [3.63, 3.8) is 0 Å². The van der Waals surface area contributed by atoms with Crippen LogP contribution >= 0.6 is 0 Å². The highest BCUT2D eigenvalue weighted by atomic mass is 19.4. The van der Waals surface area contributed by atoms with Gasteiger partial charge in [0, 0.05) is 43.5 Å². The number of aromatic amines is 1. The van der Waals surface area contributed by atoms with Gasteiger partial charge in [-0.25, -0.2) is 4.98 Å². The first kappa shape index (κ1) is 21.6. The van der Waals surface area contributed by atoms with E-state index in [2.05, 4.69) is 29.8 Å². The normalized spacial score (nSPS) is 14.4. The summed E-state index contributed by atoms with van der Waals surface area (Å²) in [4.78, 5) is 24.3. The van der Waals surface area contributed by atoms with E-state index < -0.39 is 12.1 Å². The summed E-state index contributed by atoms with van der Waals surface area (Å²) in [6.07, 6.45) is -3.30. The molecule has 0 spiro atoms. The fourth-order valence-electron chi connectivity index (χ4n) is 3.66. The van der Waals surface area contributed by atoms with E-state index in [1.807, 2.05) is 35.2 Å². The third-order valence-electron chi connectivity index (χ3n) is 5.44. The average molecular weight is 469 g/mol. The Morgan fingerprint density at radius 3 is 2.41 bits per heavy atom. The van der Waals surface area contributed by atoms with Crippen LogP contribution in [0.5, 0.6) is 0 Å². The Balaban J connectivity index is 1.20. The molecule has 0 aliphatic carbocycles. The lowest BCUT2D eigenvalue weighted by atomic mass is 10.1. The number of rotatable bonds is 4. The van der Waals surface area contributed by atoms with Crippen molar-refractivity contribution in [2.24, 2.45) is 0 Å². The number of aromatic nitrogens is 5. The van der Waals surface area contributed by atoms with Crippen LogP contribution in [0.1, 0.15) is 16.4 Å². The van der Waals surface area contributed by atoms with Crippen molar-refractivity contribution < 1.29 is 22.5 Å². The van der Waals surface area contributed by atoms with Gasteiger partial charge in [0.1, 0.15) is 11.5 Å². The minimum atomic E-state index is -4.70. The molecule has 9 nitrogen and oxygen atoms in total. The molecule has 1 aromatic carbocycles. The molecule has 3 aromatic heterocycles. The molecule has 5 rings (SSSR count). The van der Waals surface area contributed by atoms with Crippen LogP contribution < -0.4 is 4.90 Å². The zero-order valence-electron chi connectivity index (χ0n) is 17.7. The number of nitrogens with one attached hydrogen (secondary N) is 1. The topological polar surface area (TPSA) is 104 Å². The average Bonchev–Trinajstić information content (AvgIpc) is 3.55. The van der Waals surface area contributed by atoms with E-state index in [0.29, 0.717) is 48.9 Å². The maximum atomic E-state index is 12.9. The Morgan fingerprint density at radius 1 is 1.00 bits per heavy atom. The molecule has 0 bridgehead atoms. The molecule has 1 N–H and O–H groups in total. The van der Waals surface area contributed by atoms with E-state index in [1.54, 1.807) is 23.1 Å². The molecule has 4 heterocycles. The standard InChI is InChI=1S/C22H18F3N7O2/c23-22(24,25)21-27-19(30-34-21)15-6-7-18(26-13-15)31-8-10-32(11-9-31)20(33)17-12-16(28-29-17)14-4-2-1-3-5-14/h1-7,12-13H,8-11H2,(H,28,29). The van der Waals surface area contributed by atoms with Crippen LogP contribution in [0.15, 0.2) is 59.3 Å². The fraction of sp³-hybridized carbons (Fsp3) is 0.227. The second-order valence-corrected chi connectivity index (χ2v) is 7.64. The second-order valence-electron chi connectivity index (χ2n) is 7.64. The minimum absolute atomic E-state index is 0.129. The summed E-state index contributed by atoms with van der Waals surface area (Å²) >= 11 is 0. The van der Waals surface area contributed by atoms with Crippen molar-refractivity contribution in [3.05, 3.63) is 66.3 Å². The third-order valence-corrected chi connectivity index (χ3v) is 5.44. The van der Waals surface area contributed by atoms with Gasteiger partial charge in [-0.2, -0.15) is 23.3 Å². The van der Waals surface area contributed by atoms with E-state index >= 15 is 0 Å². The van der Waals surface area contributed by atoms with E-state index in [0.717, 1.165) is 5.56 Å². The van der Waals surface area contributed by atoms with E-state index in [4.69, 9.17) is 0 Å². The van der Waals surface area contributed by atoms with Crippen LogP contribution in [-0.4, -0.2) is 62.3 Å². The summed E-state index contributed by atoms with van der Waals surface area (Å²) in [5.74, 6) is -1.07. The van der Waals surface area contributed by atoms with Gasteiger partial charge in [-0.1, -0.05) is 35.5 Å². The Labute approximate surface area is 191 Å². The smallest absolute Gasteiger partial charge is 0.353 e. The van der Waals surface area contributed by atoms with Crippen LogP contribution in [0.3, 0.4) is 0 Å². The number of piperazine rings is 1. The summed E-state index contributed by atoms with van der Waals surface area (Å²) in [5, 5.41) is 10.4. The lowest BCUT2D eigenvalue weighted by Gasteiger charge is -2.35.